The van der Waals surface area contributed by atoms with Crippen molar-refractivity contribution in [3.63, 3.8) is 0 Å². The van der Waals surface area contributed by atoms with Crippen molar-refractivity contribution in [2.75, 3.05) is 7.11 Å². The maximum absolute atomic E-state index is 12.3. The molecule has 6 N–H and O–H groups in total. The van der Waals surface area contributed by atoms with E-state index in [0.29, 0.717) is 5.56 Å². The maximum Gasteiger partial charge on any atom is 0.327 e. The monoisotopic (exact) mass is 397 g/mol. The van der Waals surface area contributed by atoms with Gasteiger partial charge in [0.25, 0.3) is 0 Å². The van der Waals surface area contributed by atoms with E-state index in [1.807, 2.05) is 0 Å². The Hall–Kier alpha value is -2.30. The van der Waals surface area contributed by atoms with E-state index >= 15 is 0 Å². The summed E-state index contributed by atoms with van der Waals surface area (Å²) < 4.78 is -0.648. The van der Waals surface area contributed by atoms with Gasteiger partial charge >= 0.3 is 5.97 Å². The molecule has 2 fully saturated rings. The molecule has 1 aromatic rings. The molecule has 0 bridgehead atoms. The van der Waals surface area contributed by atoms with Gasteiger partial charge < -0.3 is 31.3 Å². The van der Waals surface area contributed by atoms with Crippen LogP contribution in [0.4, 0.5) is 0 Å². The summed E-state index contributed by atoms with van der Waals surface area (Å²) in [5, 5.41) is 27.9. The Morgan fingerprint density at radius 2 is 1.81 bits per heavy atom. The van der Waals surface area contributed by atoms with E-state index in [4.69, 9.17) is 10.8 Å². The smallest absolute Gasteiger partial charge is 0.327 e. The number of benzene rings is 1. The Morgan fingerprint density at radius 1 is 1.26 bits per heavy atom. The fraction of sp³-hybridized carbons (Fsp3) is 0.471. The van der Waals surface area contributed by atoms with Crippen LogP contribution in [0.1, 0.15) is 25.5 Å². The minimum Gasteiger partial charge on any atom is -0.508 e. The van der Waals surface area contributed by atoms with Gasteiger partial charge in [0.05, 0.1) is 0 Å². The van der Waals surface area contributed by atoms with Gasteiger partial charge in [-0.3, -0.25) is 9.59 Å². The van der Waals surface area contributed by atoms with Crippen molar-refractivity contribution in [2.45, 2.75) is 42.1 Å². The van der Waals surface area contributed by atoms with E-state index in [9.17, 15) is 24.6 Å². The number of hydrogen-bond acceptors (Lipinski definition) is 7. The zero-order valence-corrected chi connectivity index (χ0v) is 15.9. The number of β-lactam (4-membered cyclic amide) rings is 1. The Labute approximate surface area is 160 Å². The highest BCUT2D eigenvalue weighted by atomic mass is 32.2. The first-order valence-corrected chi connectivity index (χ1v) is 9.04. The van der Waals surface area contributed by atoms with Crippen molar-refractivity contribution in [2.24, 2.45) is 5.73 Å². The molecule has 148 valence electrons. The number of phenols is 1. The molecular weight excluding hydrogens is 374 g/mol. The number of thioether (sulfide) groups is 1. The van der Waals surface area contributed by atoms with Gasteiger partial charge in [-0.05, 0) is 31.5 Å². The molecule has 1 aromatic carbocycles. The van der Waals surface area contributed by atoms with Crippen LogP contribution in [0.5, 0.6) is 5.75 Å². The average molecular weight is 397 g/mol. The summed E-state index contributed by atoms with van der Waals surface area (Å²) in [6.45, 7) is 3.53. The number of nitrogens with two attached hydrogens (primary N) is 1. The minimum absolute atomic E-state index is 0.0606. The number of nitrogens with one attached hydrogen (secondary N) is 1. The van der Waals surface area contributed by atoms with Crippen LogP contribution in [0, 0.1) is 0 Å². The van der Waals surface area contributed by atoms with Crippen LogP contribution in [-0.2, 0) is 14.4 Å². The van der Waals surface area contributed by atoms with Gasteiger partial charge in [0, 0.05) is 11.9 Å². The lowest BCUT2D eigenvalue weighted by molar-refractivity contribution is -0.161. The van der Waals surface area contributed by atoms with Crippen molar-refractivity contribution in [1.82, 2.24) is 10.2 Å². The third-order valence-electron chi connectivity index (χ3n) is 4.51. The first-order valence-electron chi connectivity index (χ1n) is 8.16. The van der Waals surface area contributed by atoms with Crippen molar-refractivity contribution >= 4 is 29.5 Å². The van der Waals surface area contributed by atoms with E-state index in [1.165, 1.54) is 40.9 Å². The summed E-state index contributed by atoms with van der Waals surface area (Å²) in [5.41, 5.74) is 6.41. The van der Waals surface area contributed by atoms with Crippen LogP contribution >= 0.6 is 11.8 Å². The lowest BCUT2D eigenvalue weighted by Crippen LogP contribution is -2.71. The number of aliphatic carboxylic acids is 1. The van der Waals surface area contributed by atoms with Gasteiger partial charge in [-0.25, -0.2) is 4.79 Å². The third kappa shape index (κ3) is 3.73. The summed E-state index contributed by atoms with van der Waals surface area (Å²) >= 11 is 1.35. The molecule has 10 heteroatoms. The topological polar surface area (TPSA) is 153 Å². The summed E-state index contributed by atoms with van der Waals surface area (Å²) in [5.74, 6) is -1.94. The zero-order chi connectivity index (χ0) is 20.5. The van der Waals surface area contributed by atoms with Crippen LogP contribution in [0.25, 0.3) is 0 Å². The summed E-state index contributed by atoms with van der Waals surface area (Å²) in [6.07, 6.45) is 0. The average Bonchev–Trinajstić information content (AvgIpc) is 2.89. The molecule has 2 aliphatic heterocycles. The largest absolute Gasteiger partial charge is 0.508 e. The predicted octanol–water partition coefficient (Wildman–Crippen LogP) is -0.368. The van der Waals surface area contributed by atoms with Crippen LogP contribution in [0.3, 0.4) is 0 Å². The first-order chi connectivity index (χ1) is 12.6. The van der Waals surface area contributed by atoms with E-state index in [0.717, 1.165) is 7.11 Å². The summed E-state index contributed by atoms with van der Waals surface area (Å²) in [6, 6.07) is 3.21. The molecule has 3 rings (SSSR count). The fourth-order valence-electron chi connectivity index (χ4n) is 3.22. The van der Waals surface area contributed by atoms with Crippen molar-refractivity contribution in [3.05, 3.63) is 29.8 Å². The van der Waals surface area contributed by atoms with Crippen molar-refractivity contribution < 1.29 is 29.7 Å². The third-order valence-corrected chi connectivity index (χ3v) is 6.08. The molecule has 2 aliphatic rings. The van der Waals surface area contributed by atoms with Gasteiger partial charge in [-0.1, -0.05) is 12.1 Å². The molecule has 2 amide bonds. The Kier molecular flexibility index (Phi) is 6.03. The molecule has 0 unspecified atom stereocenters. The number of nitrogens with zero attached hydrogens (tertiary/aromatic N) is 1. The molecule has 2 heterocycles. The lowest BCUT2D eigenvalue weighted by atomic mass is 9.95. The highest BCUT2D eigenvalue weighted by molar-refractivity contribution is 8.01. The molecule has 0 aromatic heterocycles. The standard InChI is InChI=1S/C16H19N3O5S.CH4O/c1-16(2)11(15(23)24)19-13(22)10(14(19)25-16)18-12(21)9(17)7-3-5-8(20)6-4-7;1-2/h3-6,9-11,14,20H,17H2,1-2H3,(H,18,21)(H,23,24);2H,1H3/t9-,10-,11+,14-;/m1./s1. The second-order valence-electron chi connectivity index (χ2n) is 6.65. The number of hydrogen-bond donors (Lipinski definition) is 5. The number of carbonyl (C=O) groups is 3. The molecule has 0 aliphatic carbocycles. The van der Waals surface area contributed by atoms with Crippen molar-refractivity contribution in [1.29, 1.82) is 0 Å². The Morgan fingerprint density at radius 3 is 2.33 bits per heavy atom. The highest BCUT2D eigenvalue weighted by Crippen LogP contribution is 2.50. The van der Waals surface area contributed by atoms with Crippen LogP contribution < -0.4 is 11.1 Å². The van der Waals surface area contributed by atoms with Crippen LogP contribution in [-0.4, -0.2) is 67.3 Å². The summed E-state index contributed by atoms with van der Waals surface area (Å²) in [4.78, 5) is 37.5. The molecule has 4 atom stereocenters. The Balaban J connectivity index is 0.00000126. The first kappa shape index (κ1) is 21.0. The molecule has 27 heavy (non-hydrogen) atoms. The van der Waals surface area contributed by atoms with Gasteiger partial charge in [-0.15, -0.1) is 11.8 Å². The lowest BCUT2D eigenvalue weighted by Gasteiger charge is -2.43. The number of aromatic hydroxyl groups is 1. The van der Waals surface area contributed by atoms with Gasteiger partial charge in [0.1, 0.15) is 29.2 Å². The summed E-state index contributed by atoms with van der Waals surface area (Å²) in [7, 11) is 1.00. The number of aliphatic hydroxyl groups is 1. The number of amides is 2. The van der Waals surface area contributed by atoms with Crippen molar-refractivity contribution in [3.8, 4) is 5.75 Å². The van der Waals surface area contributed by atoms with Crippen LogP contribution in [0.15, 0.2) is 24.3 Å². The van der Waals surface area contributed by atoms with Gasteiger partial charge in [0.2, 0.25) is 11.8 Å². The fourth-order valence-corrected chi connectivity index (χ4v) is 4.85. The predicted molar refractivity (Wildman–Crippen MR) is 98.8 cm³/mol. The number of rotatable bonds is 4. The molecular formula is C17H23N3O6S. The molecule has 9 nitrogen and oxygen atoms in total. The van der Waals surface area contributed by atoms with E-state index in [2.05, 4.69) is 5.32 Å². The van der Waals surface area contributed by atoms with Gasteiger partial charge in [0.15, 0.2) is 0 Å². The number of phenolic OH excluding ortho intramolecular Hbond substituents is 1. The maximum atomic E-state index is 12.3. The SMILES string of the molecule is CC1(C)S[C@@H]2[C@H](NC(=O)[C@H](N)c3ccc(O)cc3)C(=O)N2[C@H]1C(=O)O.CO. The quantitative estimate of drug-likeness (QED) is 0.432. The zero-order valence-electron chi connectivity index (χ0n) is 15.1. The molecule has 0 spiro atoms. The minimum atomic E-state index is -1.06. The molecule has 0 saturated carbocycles. The number of fused-ring (bicyclic) bond motifs is 1. The number of carboxylic acid groups (broad SMARTS) is 1. The second-order valence-corrected chi connectivity index (χ2v) is 8.42. The number of carboxylic acids is 1. The van der Waals surface area contributed by atoms with Gasteiger partial charge in [-0.2, -0.15) is 0 Å². The van der Waals surface area contributed by atoms with E-state index in [1.54, 1.807) is 13.8 Å². The van der Waals surface area contributed by atoms with E-state index in [-0.39, 0.29) is 5.75 Å². The van der Waals surface area contributed by atoms with E-state index < -0.39 is 46.0 Å². The van der Waals surface area contributed by atoms with Crippen LogP contribution in [0.2, 0.25) is 0 Å². The Bertz CT molecular complexity index is 739. The molecule has 0 radical (unpaired) electrons. The highest BCUT2D eigenvalue weighted by Gasteiger charge is 2.64. The number of aliphatic hydroxyl groups excluding tert-OH is 1. The second kappa shape index (κ2) is 7.75. The number of carbonyl (C=O) groups excluding carboxylic acids is 2. The molecule has 2 saturated heterocycles. The normalized spacial score (nSPS) is 26.2.